The van der Waals surface area contributed by atoms with Crippen molar-refractivity contribution in [1.82, 2.24) is 10.1 Å². The Morgan fingerprint density at radius 1 is 1.19 bits per heavy atom. The van der Waals surface area contributed by atoms with Crippen LogP contribution in [0.2, 0.25) is 0 Å². The fourth-order valence-electron chi connectivity index (χ4n) is 4.06. The molecule has 3 aromatic rings. The van der Waals surface area contributed by atoms with Crippen LogP contribution in [-0.4, -0.2) is 60.9 Å². The smallest absolute Gasteiger partial charge is 0.196 e. The van der Waals surface area contributed by atoms with Gasteiger partial charge in [0.2, 0.25) is 0 Å². The first kappa shape index (κ1) is 16.3. The van der Waals surface area contributed by atoms with E-state index < -0.39 is 0 Å². The molecule has 2 heterocycles. The van der Waals surface area contributed by atoms with Crippen LogP contribution in [0, 0.1) is 0 Å². The molecule has 0 atom stereocenters. The fraction of sp³-hybridized carbons (Fsp3) is 0.300. The molecule has 1 aliphatic carbocycles. The van der Waals surface area contributed by atoms with Crippen molar-refractivity contribution in [2.45, 2.75) is 0 Å². The number of ketones is 1. The highest BCUT2D eigenvalue weighted by Crippen LogP contribution is 2.45. The van der Waals surface area contributed by atoms with E-state index >= 15 is 0 Å². The second kappa shape index (κ2) is 6.07. The molecule has 5 rings (SSSR count). The Kier molecular flexibility index (Phi) is 3.66. The van der Waals surface area contributed by atoms with Gasteiger partial charge in [-0.15, -0.1) is 0 Å². The number of benzene rings is 2. The first-order valence-corrected chi connectivity index (χ1v) is 9.07. The summed E-state index contributed by atoms with van der Waals surface area (Å²) in [6.45, 7) is 3.40. The third-order valence-corrected chi connectivity index (χ3v) is 5.49. The molecule has 7 heteroatoms. The lowest BCUT2D eigenvalue weighted by Crippen LogP contribution is -2.44. The summed E-state index contributed by atoms with van der Waals surface area (Å²) in [7, 11) is 2.11. The number of fused-ring (bicyclic) bond motifs is 2. The van der Waals surface area contributed by atoms with Crippen LogP contribution < -0.4 is 10.2 Å². The van der Waals surface area contributed by atoms with Gasteiger partial charge in [-0.05, 0) is 13.1 Å². The molecular weight excluding hydrogens is 344 g/mol. The molecule has 0 bridgehead atoms. The summed E-state index contributed by atoms with van der Waals surface area (Å²) in [5, 5.41) is 17.5. The van der Waals surface area contributed by atoms with E-state index in [0.29, 0.717) is 28.1 Å². The summed E-state index contributed by atoms with van der Waals surface area (Å²) in [5.74, 6) is 0.541. The summed E-state index contributed by atoms with van der Waals surface area (Å²) in [6.07, 6.45) is 0. The number of aromatic nitrogens is 1. The summed E-state index contributed by atoms with van der Waals surface area (Å²) in [4.78, 5) is 17.8. The van der Waals surface area contributed by atoms with Crippen molar-refractivity contribution >= 4 is 28.1 Å². The van der Waals surface area contributed by atoms with E-state index in [1.807, 2.05) is 24.3 Å². The molecule has 1 fully saturated rings. The minimum Gasteiger partial charge on any atom is -0.377 e. The molecule has 0 saturated carbocycles. The number of aliphatic hydroxyl groups excluding tert-OH is 1. The number of carbonyl (C=O) groups is 1. The Balaban J connectivity index is 1.77. The van der Waals surface area contributed by atoms with Crippen LogP contribution in [0.25, 0.3) is 22.2 Å². The van der Waals surface area contributed by atoms with E-state index in [4.69, 9.17) is 4.52 Å². The van der Waals surface area contributed by atoms with Crippen molar-refractivity contribution in [3.63, 3.8) is 0 Å². The quantitative estimate of drug-likeness (QED) is 0.539. The van der Waals surface area contributed by atoms with Crippen LogP contribution in [-0.2, 0) is 0 Å². The fourth-order valence-corrected chi connectivity index (χ4v) is 4.06. The van der Waals surface area contributed by atoms with Crippen molar-refractivity contribution in [2.75, 3.05) is 50.2 Å². The minimum absolute atomic E-state index is 0.0767. The van der Waals surface area contributed by atoms with Crippen molar-refractivity contribution in [1.29, 1.82) is 0 Å². The average molecular weight is 364 g/mol. The predicted molar refractivity (Wildman–Crippen MR) is 103 cm³/mol. The van der Waals surface area contributed by atoms with Gasteiger partial charge in [0.25, 0.3) is 0 Å². The highest BCUT2D eigenvalue weighted by molar-refractivity contribution is 6.28. The predicted octanol–water partition coefficient (Wildman–Crippen LogP) is 2.15. The zero-order valence-electron chi connectivity index (χ0n) is 15.0. The van der Waals surface area contributed by atoms with E-state index in [0.717, 1.165) is 42.8 Å². The van der Waals surface area contributed by atoms with Gasteiger partial charge >= 0.3 is 0 Å². The standard InChI is InChI=1S/C20H20N4O3/c1-23-6-8-24(9-7-23)15-10-14(21-11-25)16-17-18(15)22-27-20(17)13-5-3-2-4-12(13)19(16)26/h2-5,10,21,25H,6-9,11H2,1H3. The molecule has 0 amide bonds. The highest BCUT2D eigenvalue weighted by atomic mass is 16.5. The molecule has 0 radical (unpaired) electrons. The van der Waals surface area contributed by atoms with Crippen molar-refractivity contribution in [3.8, 4) is 11.3 Å². The van der Waals surface area contributed by atoms with E-state index in [1.165, 1.54) is 0 Å². The van der Waals surface area contributed by atoms with Crippen molar-refractivity contribution in [3.05, 3.63) is 41.5 Å². The van der Waals surface area contributed by atoms with Gasteiger partial charge in [0.05, 0.1) is 22.3 Å². The second-order valence-electron chi connectivity index (χ2n) is 7.05. The van der Waals surface area contributed by atoms with Crippen LogP contribution in [0.3, 0.4) is 0 Å². The Morgan fingerprint density at radius 3 is 2.67 bits per heavy atom. The largest absolute Gasteiger partial charge is 0.377 e. The SMILES string of the molecule is CN1CCN(c2cc(NCO)c3c4c(onc24)-c2ccccc2C3=O)CC1. The van der Waals surface area contributed by atoms with Gasteiger partial charge in [-0.2, -0.15) is 0 Å². The first-order chi connectivity index (χ1) is 13.2. The van der Waals surface area contributed by atoms with Gasteiger partial charge in [0.1, 0.15) is 12.2 Å². The zero-order chi connectivity index (χ0) is 18.5. The molecule has 1 aliphatic heterocycles. The lowest BCUT2D eigenvalue weighted by Gasteiger charge is -2.34. The van der Waals surface area contributed by atoms with Crippen LogP contribution >= 0.6 is 0 Å². The van der Waals surface area contributed by atoms with Gasteiger partial charge in [-0.25, -0.2) is 0 Å². The Bertz CT molecular complexity index is 1050. The molecule has 138 valence electrons. The first-order valence-electron chi connectivity index (χ1n) is 9.07. The lowest BCUT2D eigenvalue weighted by molar-refractivity contribution is 0.104. The van der Waals surface area contributed by atoms with Gasteiger partial charge in [-0.3, -0.25) is 4.79 Å². The molecule has 0 spiro atoms. The number of nitrogens with one attached hydrogen (secondary N) is 1. The lowest BCUT2D eigenvalue weighted by atomic mass is 9.86. The van der Waals surface area contributed by atoms with Crippen molar-refractivity contribution < 1.29 is 14.4 Å². The maximum Gasteiger partial charge on any atom is 0.196 e. The second-order valence-corrected chi connectivity index (χ2v) is 7.05. The Hall–Kier alpha value is -2.90. The third-order valence-electron chi connectivity index (χ3n) is 5.49. The van der Waals surface area contributed by atoms with Crippen LogP contribution in [0.4, 0.5) is 11.4 Å². The van der Waals surface area contributed by atoms with Gasteiger partial charge in [-0.1, -0.05) is 29.4 Å². The number of hydrogen-bond donors (Lipinski definition) is 2. The van der Waals surface area contributed by atoms with Crippen LogP contribution in [0.1, 0.15) is 15.9 Å². The number of hydrogen-bond acceptors (Lipinski definition) is 7. The van der Waals surface area contributed by atoms with Crippen LogP contribution in [0.15, 0.2) is 34.9 Å². The van der Waals surface area contributed by atoms with Crippen LogP contribution in [0.5, 0.6) is 0 Å². The normalized spacial score (nSPS) is 16.7. The van der Waals surface area contributed by atoms with Crippen molar-refractivity contribution in [2.24, 2.45) is 0 Å². The van der Waals surface area contributed by atoms with Gasteiger partial charge in [0.15, 0.2) is 11.5 Å². The molecule has 2 aromatic carbocycles. The Labute approximate surface area is 156 Å². The summed E-state index contributed by atoms with van der Waals surface area (Å²) in [5.41, 5.74) is 4.13. The number of nitrogens with zero attached hydrogens (tertiary/aromatic N) is 3. The maximum atomic E-state index is 13.2. The number of carbonyl (C=O) groups excluding carboxylic acids is 1. The number of rotatable bonds is 3. The Morgan fingerprint density at radius 2 is 1.93 bits per heavy atom. The van der Waals surface area contributed by atoms with E-state index in [2.05, 4.69) is 27.3 Å². The van der Waals surface area contributed by atoms with E-state index in [-0.39, 0.29) is 12.5 Å². The molecule has 1 aromatic heterocycles. The molecule has 2 aliphatic rings. The summed E-state index contributed by atoms with van der Waals surface area (Å²) in [6, 6.07) is 9.33. The molecule has 2 N–H and O–H groups in total. The monoisotopic (exact) mass is 364 g/mol. The molecule has 7 nitrogen and oxygen atoms in total. The number of anilines is 2. The molecule has 27 heavy (non-hydrogen) atoms. The topological polar surface area (TPSA) is 81.8 Å². The molecule has 1 saturated heterocycles. The number of likely N-dealkylation sites (N-methyl/N-ethyl adjacent to an activating group) is 1. The minimum atomic E-state index is -0.254. The molecular formula is C20H20N4O3. The zero-order valence-corrected chi connectivity index (χ0v) is 15.0. The molecule has 0 unspecified atom stereocenters. The van der Waals surface area contributed by atoms with E-state index in [1.54, 1.807) is 6.07 Å². The summed E-state index contributed by atoms with van der Waals surface area (Å²) >= 11 is 0. The van der Waals surface area contributed by atoms with E-state index in [9.17, 15) is 9.90 Å². The highest BCUT2D eigenvalue weighted by Gasteiger charge is 2.33. The summed E-state index contributed by atoms with van der Waals surface area (Å²) < 4.78 is 5.73. The van der Waals surface area contributed by atoms with Gasteiger partial charge in [0, 0.05) is 37.3 Å². The number of aliphatic hydroxyl groups is 1. The number of piperazine rings is 1. The third kappa shape index (κ3) is 2.35. The van der Waals surface area contributed by atoms with Gasteiger partial charge < -0.3 is 24.7 Å². The average Bonchev–Trinajstić information content (AvgIpc) is 3.13. The maximum absolute atomic E-state index is 13.2.